The number of halogens is 1. The Bertz CT molecular complexity index is 615. The SMILES string of the molecule is CCCCOc1ccc(F)cc1C=NNc1nc(N)cs1. The fraction of sp³-hybridized carbons (Fsp3) is 0.286. The predicted octanol–water partition coefficient (Wildman–Crippen LogP) is 3.49. The standard InChI is InChI=1S/C14H17FN4OS/c1-2-3-6-20-12-5-4-11(15)7-10(12)8-17-19-14-18-13(16)9-21-14/h4-5,7-9H,2-3,6,16H2,1H3,(H,18,19). The van der Waals surface area contributed by atoms with Crippen molar-refractivity contribution in [2.24, 2.45) is 5.10 Å². The lowest BCUT2D eigenvalue weighted by molar-refractivity contribution is 0.308. The highest BCUT2D eigenvalue weighted by Crippen LogP contribution is 2.19. The zero-order valence-corrected chi connectivity index (χ0v) is 12.5. The van der Waals surface area contributed by atoms with E-state index in [1.807, 2.05) is 0 Å². The molecule has 21 heavy (non-hydrogen) atoms. The van der Waals surface area contributed by atoms with Crippen molar-refractivity contribution < 1.29 is 9.13 Å². The summed E-state index contributed by atoms with van der Waals surface area (Å²) in [6.07, 6.45) is 3.49. The lowest BCUT2D eigenvalue weighted by Crippen LogP contribution is -2.01. The van der Waals surface area contributed by atoms with Gasteiger partial charge in [-0.05, 0) is 24.6 Å². The average Bonchev–Trinajstić information content (AvgIpc) is 2.87. The van der Waals surface area contributed by atoms with Crippen LogP contribution >= 0.6 is 11.3 Å². The Morgan fingerprint density at radius 2 is 2.38 bits per heavy atom. The second kappa shape index (κ2) is 7.58. The maximum absolute atomic E-state index is 13.3. The van der Waals surface area contributed by atoms with Crippen molar-refractivity contribution >= 4 is 28.5 Å². The topological polar surface area (TPSA) is 72.5 Å². The highest BCUT2D eigenvalue weighted by Gasteiger charge is 2.04. The molecule has 3 N–H and O–H groups in total. The number of nitrogen functional groups attached to an aromatic ring is 1. The molecule has 0 atom stereocenters. The van der Waals surface area contributed by atoms with E-state index in [9.17, 15) is 4.39 Å². The smallest absolute Gasteiger partial charge is 0.205 e. The van der Waals surface area contributed by atoms with Crippen LogP contribution in [0.5, 0.6) is 5.75 Å². The normalized spacial score (nSPS) is 11.0. The zero-order chi connectivity index (χ0) is 15.1. The number of ether oxygens (including phenoxy) is 1. The van der Waals surface area contributed by atoms with E-state index >= 15 is 0 Å². The van der Waals surface area contributed by atoms with E-state index in [1.165, 1.54) is 29.7 Å². The van der Waals surface area contributed by atoms with Crippen LogP contribution < -0.4 is 15.9 Å². The molecule has 112 valence electrons. The van der Waals surface area contributed by atoms with Crippen LogP contribution in [0, 0.1) is 5.82 Å². The van der Waals surface area contributed by atoms with Crippen molar-refractivity contribution in [3.05, 3.63) is 35.0 Å². The summed E-state index contributed by atoms with van der Waals surface area (Å²) in [4.78, 5) is 4.01. The molecule has 0 aliphatic heterocycles. The van der Waals surface area contributed by atoms with Crippen LogP contribution in [-0.2, 0) is 0 Å². The molecule has 0 saturated heterocycles. The number of unbranched alkanes of at least 4 members (excludes halogenated alkanes) is 1. The van der Waals surface area contributed by atoms with Gasteiger partial charge >= 0.3 is 0 Å². The Morgan fingerprint density at radius 3 is 3.10 bits per heavy atom. The van der Waals surface area contributed by atoms with Crippen molar-refractivity contribution in [3.63, 3.8) is 0 Å². The second-order valence-corrected chi connectivity index (χ2v) is 5.19. The van der Waals surface area contributed by atoms with Crippen LogP contribution in [0.3, 0.4) is 0 Å². The fourth-order valence-corrected chi connectivity index (χ4v) is 2.12. The van der Waals surface area contributed by atoms with Crippen molar-refractivity contribution in [1.82, 2.24) is 4.98 Å². The minimum Gasteiger partial charge on any atom is -0.493 e. The summed E-state index contributed by atoms with van der Waals surface area (Å²) in [6, 6.07) is 4.35. The maximum Gasteiger partial charge on any atom is 0.205 e. The van der Waals surface area contributed by atoms with E-state index in [0.29, 0.717) is 28.9 Å². The van der Waals surface area contributed by atoms with E-state index in [2.05, 4.69) is 22.4 Å². The molecule has 0 aliphatic carbocycles. The van der Waals surface area contributed by atoms with Crippen LogP contribution in [-0.4, -0.2) is 17.8 Å². The van der Waals surface area contributed by atoms with Crippen LogP contribution in [0.2, 0.25) is 0 Å². The molecule has 7 heteroatoms. The quantitative estimate of drug-likeness (QED) is 0.466. The van der Waals surface area contributed by atoms with E-state index in [-0.39, 0.29) is 5.82 Å². The molecular formula is C14H17FN4OS. The fourth-order valence-electron chi connectivity index (χ4n) is 1.57. The molecule has 1 aromatic heterocycles. The summed E-state index contributed by atoms with van der Waals surface area (Å²) in [5.74, 6) is 0.707. The second-order valence-electron chi connectivity index (χ2n) is 4.33. The third-order valence-electron chi connectivity index (χ3n) is 2.61. The molecule has 5 nitrogen and oxygen atoms in total. The number of hydrogen-bond acceptors (Lipinski definition) is 6. The minimum atomic E-state index is -0.335. The van der Waals surface area contributed by atoms with E-state index in [0.717, 1.165) is 12.8 Å². The van der Waals surface area contributed by atoms with Crippen molar-refractivity contribution in [1.29, 1.82) is 0 Å². The number of nitrogens with one attached hydrogen (secondary N) is 1. The predicted molar refractivity (Wildman–Crippen MR) is 84.5 cm³/mol. The molecule has 0 saturated carbocycles. The molecule has 2 aromatic rings. The minimum absolute atomic E-state index is 0.335. The molecule has 0 spiro atoms. The van der Waals surface area contributed by atoms with Gasteiger partial charge in [-0.2, -0.15) is 5.10 Å². The Morgan fingerprint density at radius 1 is 1.52 bits per heavy atom. The number of hydrogen-bond donors (Lipinski definition) is 2. The van der Waals surface area contributed by atoms with Gasteiger partial charge in [-0.25, -0.2) is 9.37 Å². The van der Waals surface area contributed by atoms with Crippen molar-refractivity contribution in [2.45, 2.75) is 19.8 Å². The first-order chi connectivity index (χ1) is 10.2. The molecule has 0 bridgehead atoms. The van der Waals surface area contributed by atoms with Gasteiger partial charge in [0.25, 0.3) is 0 Å². The van der Waals surface area contributed by atoms with Crippen LogP contribution in [0.4, 0.5) is 15.3 Å². The Hall–Kier alpha value is -2.15. The number of hydrazone groups is 1. The van der Waals surface area contributed by atoms with E-state index < -0.39 is 0 Å². The first-order valence-corrected chi connectivity index (χ1v) is 7.49. The molecule has 0 fully saturated rings. The molecule has 0 amide bonds. The molecule has 0 aliphatic rings. The third-order valence-corrected chi connectivity index (χ3v) is 3.38. The first-order valence-electron chi connectivity index (χ1n) is 6.61. The number of benzene rings is 1. The largest absolute Gasteiger partial charge is 0.493 e. The highest BCUT2D eigenvalue weighted by atomic mass is 32.1. The number of aromatic nitrogens is 1. The van der Waals surface area contributed by atoms with Gasteiger partial charge in [-0.15, -0.1) is 11.3 Å². The van der Waals surface area contributed by atoms with Gasteiger partial charge < -0.3 is 10.5 Å². The van der Waals surface area contributed by atoms with Gasteiger partial charge in [0.2, 0.25) is 5.13 Å². The monoisotopic (exact) mass is 308 g/mol. The number of anilines is 2. The molecule has 1 heterocycles. The third kappa shape index (κ3) is 4.71. The zero-order valence-electron chi connectivity index (χ0n) is 11.7. The van der Waals surface area contributed by atoms with Gasteiger partial charge in [0, 0.05) is 10.9 Å². The van der Waals surface area contributed by atoms with Crippen molar-refractivity contribution in [3.8, 4) is 5.75 Å². The molecule has 0 radical (unpaired) electrons. The first kappa shape index (κ1) is 15.2. The summed E-state index contributed by atoms with van der Waals surface area (Å²) < 4.78 is 18.9. The highest BCUT2D eigenvalue weighted by molar-refractivity contribution is 7.14. The molecular weight excluding hydrogens is 291 g/mol. The van der Waals surface area contributed by atoms with Gasteiger partial charge in [-0.1, -0.05) is 13.3 Å². The average molecular weight is 308 g/mol. The molecule has 1 aromatic carbocycles. The summed E-state index contributed by atoms with van der Waals surface area (Å²) in [5, 5.41) is 6.31. The van der Waals surface area contributed by atoms with Crippen LogP contribution in [0.25, 0.3) is 0 Å². The maximum atomic E-state index is 13.3. The van der Waals surface area contributed by atoms with Crippen molar-refractivity contribution in [2.75, 3.05) is 17.8 Å². The molecule has 2 rings (SSSR count). The number of rotatable bonds is 7. The van der Waals surface area contributed by atoms with Gasteiger partial charge in [0.15, 0.2) is 0 Å². The lowest BCUT2D eigenvalue weighted by atomic mass is 10.2. The summed E-state index contributed by atoms with van der Waals surface area (Å²) in [5.41, 5.74) is 8.83. The van der Waals surface area contributed by atoms with E-state index in [1.54, 1.807) is 11.4 Å². The number of thiazole rings is 1. The summed E-state index contributed by atoms with van der Waals surface area (Å²) >= 11 is 1.34. The number of nitrogens with two attached hydrogens (primary N) is 1. The Kier molecular flexibility index (Phi) is 5.51. The Balaban J connectivity index is 2.04. The molecule has 0 unspecified atom stereocenters. The summed E-state index contributed by atoms with van der Waals surface area (Å²) in [6.45, 7) is 2.68. The number of nitrogens with zero attached hydrogens (tertiary/aromatic N) is 2. The van der Waals surface area contributed by atoms with Gasteiger partial charge in [0.05, 0.1) is 12.8 Å². The van der Waals surface area contributed by atoms with Crippen LogP contribution in [0.1, 0.15) is 25.3 Å². The van der Waals surface area contributed by atoms with Gasteiger partial charge in [-0.3, -0.25) is 5.43 Å². The van der Waals surface area contributed by atoms with Gasteiger partial charge in [0.1, 0.15) is 17.4 Å². The lowest BCUT2D eigenvalue weighted by Gasteiger charge is -2.08. The van der Waals surface area contributed by atoms with Crippen LogP contribution in [0.15, 0.2) is 28.7 Å². The Labute approximate surface area is 126 Å². The summed E-state index contributed by atoms with van der Waals surface area (Å²) in [7, 11) is 0. The van der Waals surface area contributed by atoms with E-state index in [4.69, 9.17) is 10.5 Å².